The second-order valence-electron chi connectivity index (χ2n) is 14.3. The van der Waals surface area contributed by atoms with E-state index >= 15 is 4.39 Å². The summed E-state index contributed by atoms with van der Waals surface area (Å²) in [5, 5.41) is 27.1. The first-order valence-electron chi connectivity index (χ1n) is 16.5. The first-order valence-corrected chi connectivity index (χ1v) is 16.5. The number of nitro benzene ring substituents is 1. The van der Waals surface area contributed by atoms with Gasteiger partial charge in [0.25, 0.3) is 11.6 Å². The van der Waals surface area contributed by atoms with Crippen molar-refractivity contribution in [2.24, 2.45) is 5.41 Å². The number of anilines is 1. The van der Waals surface area contributed by atoms with E-state index < -0.39 is 44.7 Å². The number of phenolic OH excluding ortho intramolecular Hbond substituents is 1. The van der Waals surface area contributed by atoms with Gasteiger partial charge in [-0.25, -0.2) is 17.6 Å². The van der Waals surface area contributed by atoms with Gasteiger partial charge < -0.3 is 20.1 Å². The molecule has 4 fully saturated rings. The fraction of sp³-hybridized carbons (Fsp3) is 0.389. The number of benzene rings is 3. The van der Waals surface area contributed by atoms with Gasteiger partial charge in [0.1, 0.15) is 29.5 Å². The molecule has 3 aromatic carbocycles. The van der Waals surface area contributed by atoms with Crippen LogP contribution in [-0.4, -0.2) is 81.2 Å². The summed E-state index contributed by atoms with van der Waals surface area (Å²) in [5.74, 6) is -2.50. The smallest absolute Gasteiger partial charge is 0.319 e. The lowest BCUT2D eigenvalue weighted by molar-refractivity contribution is -0.384. The molecule has 1 saturated carbocycles. The molecular formula is C36H30F4N6O4. The van der Waals surface area contributed by atoms with Gasteiger partial charge in [0.2, 0.25) is 0 Å². The van der Waals surface area contributed by atoms with Gasteiger partial charge in [0.15, 0.2) is 5.82 Å². The second-order valence-corrected chi connectivity index (χ2v) is 14.3. The maximum Gasteiger partial charge on any atom is 0.319 e. The van der Waals surface area contributed by atoms with Gasteiger partial charge in [-0.05, 0) is 42.8 Å². The summed E-state index contributed by atoms with van der Waals surface area (Å²) in [6, 6.07) is 6.09. The van der Waals surface area contributed by atoms with Crippen LogP contribution < -0.4 is 15.0 Å². The van der Waals surface area contributed by atoms with Crippen molar-refractivity contribution in [1.29, 1.82) is 0 Å². The van der Waals surface area contributed by atoms with E-state index in [9.17, 15) is 28.4 Å². The van der Waals surface area contributed by atoms with Crippen LogP contribution >= 0.6 is 0 Å². The molecule has 1 spiro atoms. The highest BCUT2D eigenvalue weighted by atomic mass is 19.3. The third-order valence-electron chi connectivity index (χ3n) is 11.2. The lowest BCUT2D eigenvalue weighted by Gasteiger charge is -2.34. The molecule has 5 aliphatic rings. The minimum absolute atomic E-state index is 0.00957. The van der Waals surface area contributed by atoms with Crippen LogP contribution in [0.4, 0.5) is 29.1 Å². The number of phenols is 1. The third kappa shape index (κ3) is 4.49. The number of nitrogens with one attached hydrogen (secondary N) is 1. The van der Waals surface area contributed by atoms with Crippen LogP contribution in [0.25, 0.3) is 32.8 Å². The highest BCUT2D eigenvalue weighted by molar-refractivity contribution is 6.06. The standard InChI is InChI=1S/C36H30F4N6O4/c1-2-23-26(37)7-4-19-10-22(47)11-24(28(19)23)29-27(46(48)49)12-25-31(30(29)38)42-33(43-32(25)44-13-20-5-6-21(14-44)41-20)50-18-35-8-3-9-45(35)17-34(15-35)16-36(34,39)40/h1,3-4,7-8,10-12,20-21,41,47H,5-6,9,13-18H2/t20-,21+,34-,35+/m1/s1. The quantitative estimate of drug-likeness (QED) is 0.0869. The van der Waals surface area contributed by atoms with Crippen LogP contribution in [0.5, 0.6) is 11.8 Å². The fourth-order valence-corrected chi connectivity index (χ4v) is 8.83. The first-order chi connectivity index (χ1) is 23.9. The van der Waals surface area contributed by atoms with Crippen LogP contribution in [0, 0.1) is 39.5 Å². The van der Waals surface area contributed by atoms with E-state index in [1.807, 2.05) is 22.0 Å². The Kier molecular flexibility index (Phi) is 6.52. The average molecular weight is 687 g/mol. The number of hydrogen-bond donors (Lipinski definition) is 2. The summed E-state index contributed by atoms with van der Waals surface area (Å²) in [6.07, 6.45) is 11.3. The molecule has 5 heterocycles. The monoisotopic (exact) mass is 686 g/mol. The Morgan fingerprint density at radius 2 is 1.90 bits per heavy atom. The van der Waals surface area contributed by atoms with Gasteiger partial charge in [-0.15, -0.1) is 6.42 Å². The zero-order valence-electron chi connectivity index (χ0n) is 26.6. The molecule has 0 unspecified atom stereocenters. The molecule has 0 amide bonds. The topological polar surface area (TPSA) is 117 Å². The summed E-state index contributed by atoms with van der Waals surface area (Å²) in [6.45, 7) is 1.65. The Labute approximate surface area is 282 Å². The van der Waals surface area contributed by atoms with Crippen LogP contribution in [0.2, 0.25) is 0 Å². The molecule has 256 valence electrons. The Hall–Kier alpha value is -5.00. The summed E-state index contributed by atoms with van der Waals surface area (Å²) < 4.78 is 67.3. The lowest BCUT2D eigenvalue weighted by Crippen LogP contribution is -2.51. The number of aromatic hydroxyl groups is 1. The molecule has 0 radical (unpaired) electrons. The normalized spacial score (nSPS) is 27.7. The molecule has 3 saturated heterocycles. The van der Waals surface area contributed by atoms with E-state index in [-0.39, 0.29) is 88.5 Å². The predicted octanol–water partition coefficient (Wildman–Crippen LogP) is 5.68. The first kappa shape index (κ1) is 31.0. The molecule has 4 aliphatic heterocycles. The van der Waals surface area contributed by atoms with Gasteiger partial charge in [-0.1, -0.05) is 24.1 Å². The zero-order valence-corrected chi connectivity index (χ0v) is 26.6. The number of halogens is 4. The van der Waals surface area contributed by atoms with Crippen molar-refractivity contribution in [1.82, 2.24) is 20.2 Å². The van der Waals surface area contributed by atoms with Crippen LogP contribution in [0.15, 0.2) is 42.5 Å². The number of piperazine rings is 1. The number of aromatic nitrogens is 2. The van der Waals surface area contributed by atoms with Gasteiger partial charge >= 0.3 is 6.01 Å². The number of hydrogen-bond acceptors (Lipinski definition) is 9. The van der Waals surface area contributed by atoms with Crippen LogP contribution in [0.3, 0.4) is 0 Å². The Balaban J connectivity index is 1.23. The summed E-state index contributed by atoms with van der Waals surface area (Å²) in [4.78, 5) is 24.9. The van der Waals surface area contributed by atoms with Crippen molar-refractivity contribution in [3.63, 3.8) is 0 Å². The van der Waals surface area contributed by atoms with Gasteiger partial charge in [0, 0.05) is 61.7 Å². The largest absolute Gasteiger partial charge is 0.508 e. The van der Waals surface area contributed by atoms with Crippen LogP contribution in [-0.2, 0) is 0 Å². The van der Waals surface area contributed by atoms with Crippen LogP contribution in [0.1, 0.15) is 31.2 Å². The third-order valence-corrected chi connectivity index (χ3v) is 11.2. The number of terminal acetylenes is 1. The van der Waals surface area contributed by atoms with Crippen molar-refractivity contribution in [2.75, 3.05) is 37.7 Å². The molecule has 1 aliphatic carbocycles. The molecule has 2 N–H and O–H groups in total. The van der Waals surface area contributed by atoms with E-state index in [1.54, 1.807) is 0 Å². The SMILES string of the molecule is C#Cc1c(F)ccc2cc(O)cc(-c3c([N+](=O)[O-])cc4c(N5C[C@H]6CC[C@@H](C5)N6)nc(OC[C@@]56C=CCN5C[C@]5(CC5(F)F)C6)nc4c3F)c12. The average Bonchev–Trinajstić information content (AvgIpc) is 3.40. The van der Waals surface area contributed by atoms with Crippen molar-refractivity contribution in [3.8, 4) is 35.2 Å². The predicted molar refractivity (Wildman–Crippen MR) is 176 cm³/mol. The number of fused-ring (bicyclic) bond motifs is 5. The number of rotatable bonds is 6. The Morgan fingerprint density at radius 1 is 1.14 bits per heavy atom. The molecular weight excluding hydrogens is 656 g/mol. The minimum Gasteiger partial charge on any atom is -0.508 e. The summed E-state index contributed by atoms with van der Waals surface area (Å²) >= 11 is 0. The van der Waals surface area contributed by atoms with E-state index in [0.29, 0.717) is 19.6 Å². The fourth-order valence-electron chi connectivity index (χ4n) is 8.83. The highest BCUT2D eigenvalue weighted by Gasteiger charge is 2.76. The number of nitro groups is 1. The maximum absolute atomic E-state index is 17.2. The Morgan fingerprint density at radius 3 is 2.60 bits per heavy atom. The molecule has 9 rings (SSSR count). The molecule has 14 heteroatoms. The summed E-state index contributed by atoms with van der Waals surface area (Å²) in [5.41, 5.74) is -3.86. The second kappa shape index (κ2) is 10.5. The van der Waals surface area contributed by atoms with E-state index in [0.717, 1.165) is 25.0 Å². The van der Waals surface area contributed by atoms with Crippen molar-refractivity contribution >= 4 is 33.2 Å². The molecule has 4 atom stereocenters. The maximum atomic E-state index is 17.2. The lowest BCUT2D eigenvalue weighted by atomic mass is 9.91. The zero-order chi connectivity index (χ0) is 34.7. The number of alkyl halides is 2. The Bertz CT molecular complexity index is 2230. The summed E-state index contributed by atoms with van der Waals surface area (Å²) in [7, 11) is 0. The van der Waals surface area contributed by atoms with E-state index in [4.69, 9.17) is 11.2 Å². The molecule has 1 aromatic heterocycles. The molecule has 50 heavy (non-hydrogen) atoms. The number of ether oxygens (including phenoxy) is 1. The minimum atomic E-state index is -2.75. The van der Waals surface area contributed by atoms with Gasteiger partial charge in [0.05, 0.1) is 32.4 Å². The number of nitrogens with zero attached hydrogens (tertiary/aromatic N) is 5. The van der Waals surface area contributed by atoms with Gasteiger partial charge in [-0.3, -0.25) is 15.0 Å². The van der Waals surface area contributed by atoms with Crippen molar-refractivity contribution in [3.05, 3.63) is 69.8 Å². The molecule has 4 aromatic rings. The van der Waals surface area contributed by atoms with E-state index in [2.05, 4.69) is 21.2 Å². The van der Waals surface area contributed by atoms with Gasteiger partial charge in [-0.2, -0.15) is 9.97 Å². The highest BCUT2D eigenvalue weighted by Crippen LogP contribution is 2.68. The molecule has 10 nitrogen and oxygen atoms in total. The van der Waals surface area contributed by atoms with E-state index in [1.165, 1.54) is 18.2 Å². The van der Waals surface area contributed by atoms with Crippen molar-refractivity contribution < 1.29 is 32.3 Å². The molecule has 2 bridgehead atoms. The van der Waals surface area contributed by atoms with Crippen molar-refractivity contribution in [2.45, 2.75) is 49.2 Å².